The largest absolute Gasteiger partial charge is 0.461 e. The molecule has 1 heterocycles. The van der Waals surface area contributed by atoms with Crippen molar-refractivity contribution in [1.29, 1.82) is 0 Å². The topological polar surface area (TPSA) is 59.5 Å². The van der Waals surface area contributed by atoms with Crippen molar-refractivity contribution in [1.82, 2.24) is 9.88 Å². The molecule has 0 radical (unpaired) electrons. The standard InChI is InChI=1S/C21H28N2O3S/c1-4-7-8-13-23(20(24)17-11-9-16(5-2)10-12-17)14-19-22-18(15-27-19)21(25)26-6-3/h9-12,15H,4-8,13-14H2,1-3H3. The maximum Gasteiger partial charge on any atom is 0.357 e. The summed E-state index contributed by atoms with van der Waals surface area (Å²) in [5.74, 6) is -0.416. The van der Waals surface area contributed by atoms with Crippen molar-refractivity contribution in [3.63, 3.8) is 0 Å². The first-order valence-corrected chi connectivity index (χ1v) is 10.5. The van der Waals surface area contributed by atoms with E-state index in [-0.39, 0.29) is 5.91 Å². The monoisotopic (exact) mass is 388 g/mol. The predicted octanol–water partition coefficient (Wildman–Crippen LogP) is 4.71. The predicted molar refractivity (Wildman–Crippen MR) is 108 cm³/mol. The van der Waals surface area contributed by atoms with Crippen LogP contribution in [0.15, 0.2) is 29.6 Å². The van der Waals surface area contributed by atoms with E-state index in [0.717, 1.165) is 30.7 Å². The van der Waals surface area contributed by atoms with E-state index in [0.29, 0.717) is 31.0 Å². The van der Waals surface area contributed by atoms with Gasteiger partial charge in [-0.15, -0.1) is 11.3 Å². The first-order chi connectivity index (χ1) is 13.1. The SMILES string of the molecule is CCCCCN(Cc1nc(C(=O)OCC)cs1)C(=O)c1ccc(CC)cc1. The molecule has 0 aliphatic carbocycles. The second-order valence-corrected chi connectivity index (χ2v) is 7.27. The molecule has 5 nitrogen and oxygen atoms in total. The van der Waals surface area contributed by atoms with Gasteiger partial charge in [-0.05, 0) is 37.5 Å². The van der Waals surface area contributed by atoms with Crippen molar-refractivity contribution in [3.05, 3.63) is 51.5 Å². The number of unbranched alkanes of at least 4 members (excludes halogenated alkanes) is 2. The van der Waals surface area contributed by atoms with Gasteiger partial charge in [0.1, 0.15) is 5.01 Å². The van der Waals surface area contributed by atoms with Crippen LogP contribution in [-0.2, 0) is 17.7 Å². The first-order valence-electron chi connectivity index (χ1n) is 9.58. The Labute approximate surface area is 165 Å². The Morgan fingerprint density at radius 2 is 1.85 bits per heavy atom. The number of carbonyl (C=O) groups excluding carboxylic acids is 2. The lowest BCUT2D eigenvalue weighted by molar-refractivity contribution is 0.0520. The number of thiazole rings is 1. The minimum atomic E-state index is -0.418. The number of esters is 1. The first kappa shape index (κ1) is 21.1. The molecule has 2 aromatic rings. The molecule has 2 rings (SSSR count). The average Bonchev–Trinajstić information content (AvgIpc) is 3.16. The molecule has 0 saturated heterocycles. The fraction of sp³-hybridized carbons (Fsp3) is 0.476. The number of hydrogen-bond acceptors (Lipinski definition) is 5. The molecule has 0 bridgehead atoms. The highest BCUT2D eigenvalue weighted by molar-refractivity contribution is 7.09. The molecule has 0 atom stereocenters. The Morgan fingerprint density at radius 3 is 2.48 bits per heavy atom. The molecular weight excluding hydrogens is 360 g/mol. The van der Waals surface area contributed by atoms with Crippen molar-refractivity contribution in [2.24, 2.45) is 0 Å². The third kappa shape index (κ3) is 6.17. The van der Waals surface area contributed by atoms with Crippen LogP contribution in [0.25, 0.3) is 0 Å². The van der Waals surface area contributed by atoms with Crippen molar-refractivity contribution in [2.45, 2.75) is 53.0 Å². The van der Waals surface area contributed by atoms with Gasteiger partial charge in [-0.25, -0.2) is 9.78 Å². The van der Waals surface area contributed by atoms with E-state index in [1.807, 2.05) is 29.2 Å². The number of carbonyl (C=O) groups is 2. The molecule has 0 fully saturated rings. The smallest absolute Gasteiger partial charge is 0.357 e. The molecule has 0 unspecified atom stereocenters. The van der Waals surface area contributed by atoms with Crippen LogP contribution in [0.4, 0.5) is 0 Å². The maximum absolute atomic E-state index is 13.0. The lowest BCUT2D eigenvalue weighted by atomic mass is 10.1. The van der Waals surface area contributed by atoms with E-state index < -0.39 is 5.97 Å². The second-order valence-electron chi connectivity index (χ2n) is 6.33. The summed E-state index contributed by atoms with van der Waals surface area (Å²) in [6.45, 7) is 7.41. The van der Waals surface area contributed by atoms with Gasteiger partial charge in [0.25, 0.3) is 5.91 Å². The normalized spacial score (nSPS) is 10.6. The van der Waals surface area contributed by atoms with Crippen LogP contribution in [0.1, 0.15) is 71.5 Å². The number of hydrogen-bond donors (Lipinski definition) is 0. The fourth-order valence-electron chi connectivity index (χ4n) is 2.72. The van der Waals surface area contributed by atoms with Gasteiger partial charge >= 0.3 is 5.97 Å². The highest BCUT2D eigenvalue weighted by atomic mass is 32.1. The van der Waals surface area contributed by atoms with Crippen LogP contribution in [0.5, 0.6) is 0 Å². The fourth-order valence-corrected chi connectivity index (χ4v) is 3.49. The molecule has 146 valence electrons. The van der Waals surface area contributed by atoms with Gasteiger partial charge in [0.2, 0.25) is 0 Å². The van der Waals surface area contributed by atoms with Gasteiger partial charge in [0, 0.05) is 17.5 Å². The third-order valence-electron chi connectivity index (χ3n) is 4.29. The Kier molecular flexibility index (Phi) is 8.45. The van der Waals surface area contributed by atoms with Gasteiger partial charge in [-0.3, -0.25) is 4.79 Å². The van der Waals surface area contributed by atoms with Crippen LogP contribution in [0.3, 0.4) is 0 Å². The molecule has 1 aromatic carbocycles. The van der Waals surface area contributed by atoms with Crippen molar-refractivity contribution in [2.75, 3.05) is 13.2 Å². The van der Waals surface area contributed by atoms with Gasteiger partial charge in [0.05, 0.1) is 13.2 Å². The van der Waals surface area contributed by atoms with Gasteiger partial charge in [-0.1, -0.05) is 38.8 Å². The van der Waals surface area contributed by atoms with E-state index in [2.05, 4.69) is 18.8 Å². The zero-order chi connectivity index (χ0) is 19.6. The van der Waals surface area contributed by atoms with E-state index in [9.17, 15) is 9.59 Å². The summed E-state index contributed by atoms with van der Waals surface area (Å²) in [4.78, 5) is 31.0. The average molecular weight is 389 g/mol. The Bertz CT molecular complexity index is 740. The number of amides is 1. The molecule has 27 heavy (non-hydrogen) atoms. The molecule has 0 N–H and O–H groups in total. The van der Waals surface area contributed by atoms with E-state index >= 15 is 0 Å². The highest BCUT2D eigenvalue weighted by Crippen LogP contribution is 2.17. The van der Waals surface area contributed by atoms with Crippen LogP contribution < -0.4 is 0 Å². The summed E-state index contributed by atoms with van der Waals surface area (Å²) in [5.41, 5.74) is 2.21. The Balaban J connectivity index is 2.13. The number of aromatic nitrogens is 1. The van der Waals surface area contributed by atoms with E-state index in [1.54, 1.807) is 12.3 Å². The van der Waals surface area contributed by atoms with Gasteiger partial charge < -0.3 is 9.64 Å². The minimum absolute atomic E-state index is 0.00152. The lowest BCUT2D eigenvalue weighted by Gasteiger charge is -2.22. The summed E-state index contributed by atoms with van der Waals surface area (Å²) >= 11 is 1.38. The molecule has 6 heteroatoms. The number of aryl methyl sites for hydroxylation is 1. The van der Waals surface area contributed by atoms with Gasteiger partial charge in [0.15, 0.2) is 5.69 Å². The minimum Gasteiger partial charge on any atom is -0.461 e. The number of benzene rings is 1. The number of nitrogens with zero attached hydrogens (tertiary/aromatic N) is 2. The summed E-state index contributed by atoms with van der Waals surface area (Å²) < 4.78 is 4.99. The van der Waals surface area contributed by atoms with Crippen LogP contribution in [0.2, 0.25) is 0 Å². The van der Waals surface area contributed by atoms with Crippen molar-refractivity contribution in [3.8, 4) is 0 Å². The molecule has 0 saturated carbocycles. The van der Waals surface area contributed by atoms with Gasteiger partial charge in [-0.2, -0.15) is 0 Å². The third-order valence-corrected chi connectivity index (χ3v) is 5.12. The number of ether oxygens (including phenoxy) is 1. The molecule has 0 spiro atoms. The summed E-state index contributed by atoms with van der Waals surface area (Å²) in [5, 5.41) is 2.44. The summed E-state index contributed by atoms with van der Waals surface area (Å²) in [6.07, 6.45) is 4.07. The molecule has 0 aliphatic rings. The Hall–Kier alpha value is -2.21. The van der Waals surface area contributed by atoms with Crippen LogP contribution in [-0.4, -0.2) is 34.9 Å². The summed E-state index contributed by atoms with van der Waals surface area (Å²) in [6, 6.07) is 7.78. The lowest BCUT2D eigenvalue weighted by Crippen LogP contribution is -2.31. The van der Waals surface area contributed by atoms with E-state index in [4.69, 9.17) is 4.74 Å². The molecule has 0 aliphatic heterocycles. The van der Waals surface area contributed by atoms with Crippen molar-refractivity contribution >= 4 is 23.2 Å². The second kappa shape index (κ2) is 10.8. The molecule has 1 amide bonds. The zero-order valence-corrected chi connectivity index (χ0v) is 17.2. The molecule has 1 aromatic heterocycles. The molecular formula is C21H28N2O3S. The van der Waals surface area contributed by atoms with Crippen molar-refractivity contribution < 1.29 is 14.3 Å². The zero-order valence-electron chi connectivity index (χ0n) is 16.4. The quantitative estimate of drug-likeness (QED) is 0.437. The van der Waals surface area contributed by atoms with E-state index in [1.165, 1.54) is 16.9 Å². The van der Waals surface area contributed by atoms with Crippen LogP contribution in [0, 0.1) is 0 Å². The summed E-state index contributed by atoms with van der Waals surface area (Å²) in [7, 11) is 0. The van der Waals surface area contributed by atoms with Crippen LogP contribution >= 0.6 is 11.3 Å². The number of rotatable bonds is 10. The highest BCUT2D eigenvalue weighted by Gasteiger charge is 2.19. The maximum atomic E-state index is 13.0. The Morgan fingerprint density at radius 1 is 1.11 bits per heavy atom.